The van der Waals surface area contributed by atoms with E-state index in [1.807, 2.05) is 6.07 Å². The van der Waals surface area contributed by atoms with Crippen LogP contribution < -0.4 is 5.32 Å². The summed E-state index contributed by atoms with van der Waals surface area (Å²) in [4.78, 5) is 14.6. The first-order chi connectivity index (χ1) is 9.34. The van der Waals surface area contributed by atoms with Gasteiger partial charge in [-0.2, -0.15) is 0 Å². The van der Waals surface area contributed by atoms with E-state index in [-0.39, 0.29) is 12.4 Å². The number of nitrogens with zero attached hydrogens (tertiary/aromatic N) is 1. The molecule has 20 heavy (non-hydrogen) atoms. The van der Waals surface area contributed by atoms with E-state index >= 15 is 0 Å². The van der Waals surface area contributed by atoms with Crippen molar-refractivity contribution in [2.45, 2.75) is 44.2 Å². The fraction of sp³-hybridized carbons (Fsp3) is 0.562. The predicted octanol–water partition coefficient (Wildman–Crippen LogP) is 2.91. The number of rotatable bonds is 3. The largest absolute Gasteiger partial charge is 0.336 e. The van der Waals surface area contributed by atoms with Gasteiger partial charge in [0, 0.05) is 19.0 Å². The molecule has 1 amide bonds. The van der Waals surface area contributed by atoms with Crippen molar-refractivity contribution >= 4 is 18.3 Å². The Hall–Kier alpha value is -1.06. The molecule has 0 bridgehead atoms. The van der Waals surface area contributed by atoms with Crippen molar-refractivity contribution in [1.82, 2.24) is 10.2 Å². The van der Waals surface area contributed by atoms with Gasteiger partial charge in [0.25, 0.3) is 0 Å². The van der Waals surface area contributed by atoms with E-state index in [1.165, 1.54) is 12.0 Å². The smallest absolute Gasteiger partial charge is 0.224 e. The molecule has 1 N–H and O–H groups in total. The Morgan fingerprint density at radius 3 is 2.70 bits per heavy atom. The van der Waals surface area contributed by atoms with Gasteiger partial charge in [0.2, 0.25) is 5.91 Å². The van der Waals surface area contributed by atoms with Crippen LogP contribution in [0.5, 0.6) is 0 Å². The third-order valence-corrected chi connectivity index (χ3v) is 4.34. The Bertz CT molecular complexity index is 431. The van der Waals surface area contributed by atoms with E-state index in [0.717, 1.165) is 32.4 Å². The van der Waals surface area contributed by atoms with E-state index in [2.05, 4.69) is 34.5 Å². The molecule has 3 rings (SSSR count). The molecule has 1 aromatic carbocycles. The summed E-state index contributed by atoms with van der Waals surface area (Å²) >= 11 is 0. The Morgan fingerprint density at radius 2 is 2.00 bits per heavy atom. The summed E-state index contributed by atoms with van der Waals surface area (Å²) < 4.78 is 0. The first kappa shape index (κ1) is 15.3. The standard InChI is InChI=1S/C16H22N2O.ClH/c19-16(12-14-8-4-10-17-14)18-11-5-9-15(18)13-6-2-1-3-7-13;/h1-3,6-7,14-15,17H,4-5,8-12H2;1H. The zero-order valence-corrected chi connectivity index (χ0v) is 12.6. The van der Waals surface area contributed by atoms with Crippen molar-refractivity contribution in [2.24, 2.45) is 0 Å². The number of benzene rings is 1. The summed E-state index contributed by atoms with van der Waals surface area (Å²) in [6, 6.07) is 11.2. The van der Waals surface area contributed by atoms with Crippen molar-refractivity contribution in [2.75, 3.05) is 13.1 Å². The molecule has 0 radical (unpaired) electrons. The zero-order chi connectivity index (χ0) is 13.1. The molecule has 0 aliphatic carbocycles. The molecular formula is C16H23ClN2O. The second kappa shape index (κ2) is 7.09. The lowest BCUT2D eigenvalue weighted by atomic mass is 10.0. The maximum atomic E-state index is 12.5. The highest BCUT2D eigenvalue weighted by Gasteiger charge is 2.31. The van der Waals surface area contributed by atoms with Crippen LogP contribution in [-0.2, 0) is 4.79 Å². The lowest BCUT2D eigenvalue weighted by Crippen LogP contribution is -2.35. The first-order valence-electron chi connectivity index (χ1n) is 7.42. The number of likely N-dealkylation sites (tertiary alicyclic amines) is 1. The number of nitrogens with one attached hydrogen (secondary N) is 1. The maximum Gasteiger partial charge on any atom is 0.224 e. The molecule has 2 heterocycles. The molecule has 0 saturated carbocycles. The summed E-state index contributed by atoms with van der Waals surface area (Å²) in [5, 5.41) is 3.42. The second-order valence-electron chi connectivity index (χ2n) is 5.65. The molecule has 4 heteroatoms. The third kappa shape index (κ3) is 3.33. The highest BCUT2D eigenvalue weighted by Crippen LogP contribution is 2.32. The first-order valence-corrected chi connectivity index (χ1v) is 7.42. The van der Waals surface area contributed by atoms with Crippen LogP contribution in [0.1, 0.15) is 43.7 Å². The van der Waals surface area contributed by atoms with Gasteiger partial charge in [0.15, 0.2) is 0 Å². The molecule has 2 saturated heterocycles. The summed E-state index contributed by atoms with van der Waals surface area (Å²) in [6.07, 6.45) is 5.26. The van der Waals surface area contributed by atoms with Gasteiger partial charge in [0.1, 0.15) is 0 Å². The lowest BCUT2D eigenvalue weighted by molar-refractivity contribution is -0.132. The molecule has 2 unspecified atom stereocenters. The summed E-state index contributed by atoms with van der Waals surface area (Å²) in [6.45, 7) is 1.99. The molecule has 2 atom stereocenters. The SMILES string of the molecule is Cl.O=C(CC1CCCN1)N1CCCC1c1ccccc1. The van der Waals surface area contributed by atoms with Crippen molar-refractivity contribution < 1.29 is 4.79 Å². The minimum atomic E-state index is 0. The van der Waals surface area contributed by atoms with Gasteiger partial charge in [-0.25, -0.2) is 0 Å². The van der Waals surface area contributed by atoms with Crippen molar-refractivity contribution in [3.8, 4) is 0 Å². The van der Waals surface area contributed by atoms with E-state index < -0.39 is 0 Å². The average Bonchev–Trinajstić information content (AvgIpc) is 3.10. The fourth-order valence-electron chi connectivity index (χ4n) is 3.35. The van der Waals surface area contributed by atoms with Gasteiger partial charge in [-0.15, -0.1) is 12.4 Å². The third-order valence-electron chi connectivity index (χ3n) is 4.34. The predicted molar refractivity (Wildman–Crippen MR) is 83.0 cm³/mol. The van der Waals surface area contributed by atoms with Crippen LogP contribution in [0.3, 0.4) is 0 Å². The molecule has 0 spiro atoms. The Balaban J connectivity index is 0.00000147. The van der Waals surface area contributed by atoms with Gasteiger partial charge >= 0.3 is 0 Å². The Kier molecular flexibility index (Phi) is 5.44. The number of carbonyl (C=O) groups excluding carboxylic acids is 1. The van der Waals surface area contributed by atoms with E-state index in [9.17, 15) is 4.79 Å². The van der Waals surface area contributed by atoms with Gasteiger partial charge in [0.05, 0.1) is 6.04 Å². The van der Waals surface area contributed by atoms with Crippen molar-refractivity contribution in [3.05, 3.63) is 35.9 Å². The summed E-state index contributed by atoms with van der Waals surface area (Å²) in [5.74, 6) is 0.325. The fourth-order valence-corrected chi connectivity index (χ4v) is 3.35. The number of hydrogen-bond acceptors (Lipinski definition) is 2. The van der Waals surface area contributed by atoms with Crippen LogP contribution in [0.25, 0.3) is 0 Å². The lowest BCUT2D eigenvalue weighted by Gasteiger charge is -2.26. The average molecular weight is 295 g/mol. The molecular weight excluding hydrogens is 272 g/mol. The zero-order valence-electron chi connectivity index (χ0n) is 11.8. The number of halogens is 1. The highest BCUT2D eigenvalue weighted by atomic mass is 35.5. The molecule has 3 nitrogen and oxygen atoms in total. The van der Waals surface area contributed by atoms with E-state index in [4.69, 9.17) is 0 Å². The molecule has 0 aromatic heterocycles. The van der Waals surface area contributed by atoms with Crippen LogP contribution in [0, 0.1) is 0 Å². The molecule has 2 aliphatic rings. The maximum absolute atomic E-state index is 12.5. The summed E-state index contributed by atoms with van der Waals surface area (Å²) in [5.41, 5.74) is 1.28. The summed E-state index contributed by atoms with van der Waals surface area (Å²) in [7, 11) is 0. The van der Waals surface area contributed by atoms with Crippen LogP contribution in [0.4, 0.5) is 0 Å². The molecule has 2 fully saturated rings. The molecule has 110 valence electrons. The van der Waals surface area contributed by atoms with Gasteiger partial charge in [-0.1, -0.05) is 30.3 Å². The van der Waals surface area contributed by atoms with E-state index in [1.54, 1.807) is 0 Å². The number of hydrogen-bond donors (Lipinski definition) is 1. The minimum absolute atomic E-state index is 0. The number of amides is 1. The monoisotopic (exact) mass is 294 g/mol. The minimum Gasteiger partial charge on any atom is -0.336 e. The van der Waals surface area contributed by atoms with Crippen LogP contribution in [0.15, 0.2) is 30.3 Å². The highest BCUT2D eigenvalue weighted by molar-refractivity contribution is 5.85. The Morgan fingerprint density at radius 1 is 1.20 bits per heavy atom. The molecule has 2 aliphatic heterocycles. The number of carbonyl (C=O) groups is 1. The van der Waals surface area contributed by atoms with Gasteiger partial charge < -0.3 is 10.2 Å². The van der Waals surface area contributed by atoms with Crippen LogP contribution in [-0.4, -0.2) is 29.9 Å². The van der Waals surface area contributed by atoms with Crippen molar-refractivity contribution in [3.63, 3.8) is 0 Å². The normalized spacial score (nSPS) is 25.5. The van der Waals surface area contributed by atoms with Crippen molar-refractivity contribution in [1.29, 1.82) is 0 Å². The van der Waals surface area contributed by atoms with Crippen LogP contribution >= 0.6 is 12.4 Å². The quantitative estimate of drug-likeness (QED) is 0.930. The van der Waals surface area contributed by atoms with Gasteiger partial charge in [-0.3, -0.25) is 4.79 Å². The molecule has 1 aromatic rings. The van der Waals surface area contributed by atoms with E-state index in [0.29, 0.717) is 24.4 Å². The topological polar surface area (TPSA) is 32.3 Å². The Labute approximate surface area is 127 Å². The second-order valence-corrected chi connectivity index (χ2v) is 5.65. The van der Waals surface area contributed by atoms with Crippen LogP contribution in [0.2, 0.25) is 0 Å². The van der Waals surface area contributed by atoms with Gasteiger partial charge in [-0.05, 0) is 37.8 Å².